The molecule has 0 saturated carbocycles. The van der Waals surface area contributed by atoms with Crippen molar-refractivity contribution in [1.82, 2.24) is 5.32 Å². The number of halogens is 1. The van der Waals surface area contributed by atoms with Crippen molar-refractivity contribution in [2.24, 2.45) is 0 Å². The second-order valence-electron chi connectivity index (χ2n) is 5.14. The quantitative estimate of drug-likeness (QED) is 0.687. The van der Waals surface area contributed by atoms with Crippen LogP contribution in [-0.2, 0) is 22.1 Å². The summed E-state index contributed by atoms with van der Waals surface area (Å²) in [6.45, 7) is 3.12. The van der Waals surface area contributed by atoms with Gasteiger partial charge in [-0.3, -0.25) is 4.21 Å². The smallest absolute Gasteiger partial charge is 0.0897 e. The Labute approximate surface area is 134 Å². The molecule has 6 heteroatoms. The van der Waals surface area contributed by atoms with E-state index >= 15 is 0 Å². The van der Waals surface area contributed by atoms with Crippen LogP contribution in [0.5, 0.6) is 0 Å². The third-order valence-electron chi connectivity index (χ3n) is 3.07. The predicted octanol–water partition coefficient (Wildman–Crippen LogP) is 1.96. The summed E-state index contributed by atoms with van der Waals surface area (Å²) in [5.41, 5.74) is 0.915. The zero-order valence-corrected chi connectivity index (χ0v) is 14.1. The fraction of sp³-hybridized carbons (Fsp3) is 0.600. The standard InChI is InChI=1S/C15H24ClNO3S/c1-12(7-8-21(2)19)17-9-14(18)11-20-10-13-5-3-4-6-15(13)16/h3-6,12,14,17-18H,7-11H2,1-2H3. The Balaban J connectivity index is 2.15. The summed E-state index contributed by atoms with van der Waals surface area (Å²) in [6.07, 6.45) is 1.96. The number of nitrogens with one attached hydrogen (secondary N) is 1. The molecular weight excluding hydrogens is 310 g/mol. The van der Waals surface area contributed by atoms with Crippen LogP contribution in [-0.4, -0.2) is 46.6 Å². The Hall–Kier alpha value is -0.460. The third kappa shape index (κ3) is 8.53. The van der Waals surface area contributed by atoms with Crippen molar-refractivity contribution >= 4 is 22.4 Å². The van der Waals surface area contributed by atoms with Gasteiger partial charge in [-0.15, -0.1) is 0 Å². The van der Waals surface area contributed by atoms with Gasteiger partial charge in [0.15, 0.2) is 0 Å². The lowest BCUT2D eigenvalue weighted by atomic mass is 10.2. The van der Waals surface area contributed by atoms with E-state index in [4.69, 9.17) is 16.3 Å². The second-order valence-corrected chi connectivity index (χ2v) is 7.10. The van der Waals surface area contributed by atoms with E-state index in [0.717, 1.165) is 12.0 Å². The predicted molar refractivity (Wildman–Crippen MR) is 88.1 cm³/mol. The summed E-state index contributed by atoms with van der Waals surface area (Å²) >= 11 is 6.02. The van der Waals surface area contributed by atoms with Crippen molar-refractivity contribution in [3.05, 3.63) is 34.9 Å². The number of aliphatic hydroxyl groups excluding tert-OH is 1. The molecule has 0 spiro atoms. The van der Waals surface area contributed by atoms with Crippen LogP contribution >= 0.6 is 11.6 Å². The van der Waals surface area contributed by atoms with Crippen LogP contribution in [0, 0.1) is 0 Å². The lowest BCUT2D eigenvalue weighted by Gasteiger charge is -2.17. The first-order valence-corrected chi connectivity index (χ1v) is 9.12. The maximum atomic E-state index is 11.0. The zero-order valence-electron chi connectivity index (χ0n) is 12.5. The van der Waals surface area contributed by atoms with Crippen molar-refractivity contribution in [2.45, 2.75) is 32.1 Å². The van der Waals surface area contributed by atoms with Gasteiger partial charge in [-0.05, 0) is 25.0 Å². The minimum absolute atomic E-state index is 0.229. The van der Waals surface area contributed by atoms with Crippen molar-refractivity contribution in [3.63, 3.8) is 0 Å². The fourth-order valence-corrected chi connectivity index (χ4v) is 2.64. The van der Waals surface area contributed by atoms with E-state index in [1.165, 1.54) is 0 Å². The molecule has 0 aromatic heterocycles. The minimum atomic E-state index is -0.768. The molecule has 120 valence electrons. The lowest BCUT2D eigenvalue weighted by molar-refractivity contribution is 0.0278. The molecule has 3 atom stereocenters. The topological polar surface area (TPSA) is 58.6 Å². The molecule has 4 nitrogen and oxygen atoms in total. The summed E-state index contributed by atoms with van der Waals surface area (Å²) in [7, 11) is -0.768. The van der Waals surface area contributed by atoms with E-state index in [2.05, 4.69) is 5.32 Å². The van der Waals surface area contributed by atoms with E-state index in [9.17, 15) is 9.32 Å². The van der Waals surface area contributed by atoms with Crippen LogP contribution in [0.3, 0.4) is 0 Å². The monoisotopic (exact) mass is 333 g/mol. The van der Waals surface area contributed by atoms with E-state index in [1.807, 2.05) is 31.2 Å². The molecule has 0 aliphatic rings. The molecule has 0 saturated heterocycles. The molecule has 0 aliphatic carbocycles. The normalized spacial score (nSPS) is 15.6. The maximum Gasteiger partial charge on any atom is 0.0897 e. The molecule has 21 heavy (non-hydrogen) atoms. The van der Waals surface area contributed by atoms with Gasteiger partial charge in [-0.1, -0.05) is 29.8 Å². The highest BCUT2D eigenvalue weighted by Crippen LogP contribution is 2.15. The Morgan fingerprint density at radius 1 is 1.43 bits per heavy atom. The first-order chi connectivity index (χ1) is 9.99. The van der Waals surface area contributed by atoms with Crippen molar-refractivity contribution in [1.29, 1.82) is 0 Å². The van der Waals surface area contributed by atoms with Crippen LogP contribution in [0.2, 0.25) is 5.02 Å². The molecule has 0 fully saturated rings. The number of hydrogen-bond acceptors (Lipinski definition) is 4. The molecule has 2 N–H and O–H groups in total. The van der Waals surface area contributed by atoms with Gasteiger partial charge in [0.05, 0.1) is 19.3 Å². The summed E-state index contributed by atoms with van der Waals surface area (Å²) in [5.74, 6) is 0.674. The van der Waals surface area contributed by atoms with Gasteiger partial charge in [-0.2, -0.15) is 0 Å². The average molecular weight is 334 g/mol. The number of benzene rings is 1. The van der Waals surface area contributed by atoms with E-state index in [0.29, 0.717) is 23.9 Å². The first kappa shape index (κ1) is 18.6. The minimum Gasteiger partial charge on any atom is -0.389 e. The molecule has 0 heterocycles. The van der Waals surface area contributed by atoms with E-state index in [1.54, 1.807) is 6.26 Å². The molecule has 1 aromatic carbocycles. The summed E-state index contributed by atoms with van der Waals surface area (Å²) in [5, 5.41) is 13.7. The van der Waals surface area contributed by atoms with Crippen LogP contribution < -0.4 is 5.32 Å². The molecule has 0 radical (unpaired) electrons. The van der Waals surface area contributed by atoms with Crippen LogP contribution in [0.4, 0.5) is 0 Å². The Morgan fingerprint density at radius 2 is 2.14 bits per heavy atom. The Morgan fingerprint density at radius 3 is 2.81 bits per heavy atom. The van der Waals surface area contributed by atoms with Crippen molar-refractivity contribution < 1.29 is 14.1 Å². The maximum absolute atomic E-state index is 11.0. The highest BCUT2D eigenvalue weighted by Gasteiger charge is 2.08. The zero-order chi connectivity index (χ0) is 15.7. The SMILES string of the molecule is CC(CCS(C)=O)NCC(O)COCc1ccccc1Cl. The van der Waals surface area contributed by atoms with Gasteiger partial charge in [0.25, 0.3) is 0 Å². The molecular formula is C15H24ClNO3S. The average Bonchev–Trinajstić information content (AvgIpc) is 2.45. The number of rotatable bonds is 10. The van der Waals surface area contributed by atoms with Gasteiger partial charge in [0.2, 0.25) is 0 Å². The van der Waals surface area contributed by atoms with Gasteiger partial charge in [0.1, 0.15) is 0 Å². The molecule has 1 rings (SSSR count). The molecule has 0 bridgehead atoms. The largest absolute Gasteiger partial charge is 0.389 e. The van der Waals surface area contributed by atoms with Crippen molar-refractivity contribution in [2.75, 3.05) is 25.2 Å². The number of ether oxygens (including phenoxy) is 1. The van der Waals surface area contributed by atoms with Gasteiger partial charge >= 0.3 is 0 Å². The molecule has 0 aliphatic heterocycles. The molecule has 3 unspecified atom stereocenters. The lowest BCUT2D eigenvalue weighted by Crippen LogP contribution is -2.36. The fourth-order valence-electron chi connectivity index (χ4n) is 1.76. The summed E-state index contributed by atoms with van der Waals surface area (Å²) in [4.78, 5) is 0. The highest BCUT2D eigenvalue weighted by atomic mass is 35.5. The van der Waals surface area contributed by atoms with E-state index < -0.39 is 16.9 Å². The Kier molecular flexibility index (Phi) is 9.11. The first-order valence-electron chi connectivity index (χ1n) is 7.01. The summed E-state index contributed by atoms with van der Waals surface area (Å²) < 4.78 is 16.5. The van der Waals surface area contributed by atoms with Gasteiger partial charge in [0, 0.05) is 40.4 Å². The van der Waals surface area contributed by atoms with Crippen LogP contribution in [0.1, 0.15) is 18.9 Å². The van der Waals surface area contributed by atoms with Crippen LogP contribution in [0.25, 0.3) is 0 Å². The van der Waals surface area contributed by atoms with Gasteiger partial charge in [-0.25, -0.2) is 0 Å². The third-order valence-corrected chi connectivity index (χ3v) is 4.25. The number of aliphatic hydroxyl groups is 1. The van der Waals surface area contributed by atoms with Gasteiger partial charge < -0.3 is 15.2 Å². The Bertz CT molecular complexity index is 445. The van der Waals surface area contributed by atoms with E-state index in [-0.39, 0.29) is 12.6 Å². The second kappa shape index (κ2) is 10.3. The van der Waals surface area contributed by atoms with Crippen molar-refractivity contribution in [3.8, 4) is 0 Å². The summed E-state index contributed by atoms with van der Waals surface area (Å²) in [6, 6.07) is 7.72. The highest BCUT2D eigenvalue weighted by molar-refractivity contribution is 7.84. The molecule has 0 amide bonds. The van der Waals surface area contributed by atoms with Crippen LogP contribution in [0.15, 0.2) is 24.3 Å². The number of hydrogen-bond donors (Lipinski definition) is 2. The molecule has 1 aromatic rings.